The molecule has 0 bridgehead atoms. The number of aromatic nitrogens is 1. The Balaban J connectivity index is 1.70. The molecule has 2 rings (SSSR count). The fourth-order valence-electron chi connectivity index (χ4n) is 2.40. The third-order valence-electron chi connectivity index (χ3n) is 4.04. The lowest BCUT2D eigenvalue weighted by Crippen LogP contribution is -2.52. The molecule has 0 radical (unpaired) electrons. The van der Waals surface area contributed by atoms with Crippen LogP contribution in [0.15, 0.2) is 16.9 Å². The number of nitrogens with zero attached hydrogens (tertiary/aromatic N) is 3. The molecule has 1 fully saturated rings. The Bertz CT molecular complexity index is 509. The normalized spacial score (nSPS) is 17.3. The third-order valence-corrected chi connectivity index (χ3v) is 4.04. The van der Waals surface area contributed by atoms with Crippen molar-refractivity contribution in [1.29, 1.82) is 0 Å². The van der Waals surface area contributed by atoms with Crippen molar-refractivity contribution in [3.8, 4) is 0 Å². The van der Waals surface area contributed by atoms with Gasteiger partial charge in [0.15, 0.2) is 0 Å². The van der Waals surface area contributed by atoms with E-state index in [-0.39, 0.29) is 24.3 Å². The first-order chi connectivity index (χ1) is 11.0. The molecule has 1 aliphatic heterocycles. The molecule has 1 aromatic heterocycles. The van der Waals surface area contributed by atoms with Gasteiger partial charge in [-0.1, -0.05) is 19.0 Å². The van der Waals surface area contributed by atoms with Gasteiger partial charge in [-0.2, -0.15) is 0 Å². The molecule has 1 saturated heterocycles. The van der Waals surface area contributed by atoms with Crippen LogP contribution in [0.25, 0.3) is 0 Å². The smallest absolute Gasteiger partial charge is 0.242 e. The second-order valence-corrected chi connectivity index (χ2v) is 6.14. The van der Waals surface area contributed by atoms with Gasteiger partial charge < -0.3 is 20.5 Å². The largest absolute Gasteiger partial charge is 0.364 e. The van der Waals surface area contributed by atoms with Crippen molar-refractivity contribution >= 4 is 11.8 Å². The molecule has 0 aliphatic carbocycles. The fraction of sp³-hybridized carbons (Fsp3) is 0.667. The Morgan fingerprint density at radius 3 is 2.61 bits per heavy atom. The number of nitrogens with one attached hydrogen (secondary N) is 1. The first-order valence-electron chi connectivity index (χ1n) is 7.90. The number of carbonyl (C=O) groups excluding carboxylic acids is 2. The lowest BCUT2D eigenvalue weighted by atomic mass is 10.1. The van der Waals surface area contributed by atoms with Gasteiger partial charge in [0.1, 0.15) is 6.26 Å². The fourth-order valence-corrected chi connectivity index (χ4v) is 2.40. The van der Waals surface area contributed by atoms with E-state index >= 15 is 0 Å². The summed E-state index contributed by atoms with van der Waals surface area (Å²) >= 11 is 0. The summed E-state index contributed by atoms with van der Waals surface area (Å²) < 4.78 is 4.81. The molecule has 0 aromatic carbocycles. The molecule has 2 heterocycles. The van der Waals surface area contributed by atoms with Crippen molar-refractivity contribution in [3.05, 3.63) is 18.0 Å². The number of rotatable bonds is 6. The van der Waals surface area contributed by atoms with Crippen LogP contribution in [0.2, 0.25) is 0 Å². The summed E-state index contributed by atoms with van der Waals surface area (Å²) in [6.45, 7) is 7.31. The average molecular weight is 323 g/mol. The Hall–Kier alpha value is -1.93. The van der Waals surface area contributed by atoms with Crippen molar-refractivity contribution in [2.24, 2.45) is 11.7 Å². The second-order valence-electron chi connectivity index (χ2n) is 6.14. The predicted octanol–water partition coefficient (Wildman–Crippen LogP) is -0.582. The second kappa shape index (κ2) is 8.07. The first-order valence-corrected chi connectivity index (χ1v) is 7.90. The van der Waals surface area contributed by atoms with Gasteiger partial charge in [0, 0.05) is 38.8 Å². The Labute approximate surface area is 136 Å². The van der Waals surface area contributed by atoms with Gasteiger partial charge in [0.05, 0.1) is 18.3 Å². The number of amides is 2. The molecule has 0 spiro atoms. The molecule has 1 aliphatic rings. The summed E-state index contributed by atoms with van der Waals surface area (Å²) in [5.41, 5.74) is 6.64. The molecule has 1 aromatic rings. The monoisotopic (exact) mass is 323 g/mol. The van der Waals surface area contributed by atoms with Crippen molar-refractivity contribution in [1.82, 2.24) is 20.3 Å². The van der Waals surface area contributed by atoms with E-state index in [1.807, 2.05) is 19.9 Å². The zero-order valence-corrected chi connectivity index (χ0v) is 13.7. The Morgan fingerprint density at radius 2 is 2.04 bits per heavy atom. The minimum atomic E-state index is -0.581. The minimum absolute atomic E-state index is 0.00252. The van der Waals surface area contributed by atoms with E-state index in [9.17, 15) is 9.59 Å². The highest BCUT2D eigenvalue weighted by Crippen LogP contribution is 2.07. The van der Waals surface area contributed by atoms with Gasteiger partial charge in [0.2, 0.25) is 11.8 Å². The molecule has 8 heteroatoms. The van der Waals surface area contributed by atoms with Gasteiger partial charge in [-0.05, 0) is 5.92 Å². The van der Waals surface area contributed by atoms with E-state index in [0.29, 0.717) is 13.1 Å². The zero-order valence-electron chi connectivity index (χ0n) is 13.7. The molecule has 0 unspecified atom stereocenters. The van der Waals surface area contributed by atoms with Crippen LogP contribution in [0.5, 0.6) is 0 Å². The van der Waals surface area contributed by atoms with Crippen LogP contribution in [0, 0.1) is 5.92 Å². The van der Waals surface area contributed by atoms with E-state index in [1.54, 1.807) is 11.2 Å². The quantitative estimate of drug-likeness (QED) is 0.726. The highest BCUT2D eigenvalue weighted by Gasteiger charge is 2.23. The van der Waals surface area contributed by atoms with Crippen LogP contribution in [-0.4, -0.2) is 65.5 Å². The maximum absolute atomic E-state index is 12.1. The molecule has 23 heavy (non-hydrogen) atoms. The van der Waals surface area contributed by atoms with Crippen LogP contribution in [0.3, 0.4) is 0 Å². The Morgan fingerprint density at radius 1 is 1.35 bits per heavy atom. The lowest BCUT2D eigenvalue weighted by Gasteiger charge is -2.34. The van der Waals surface area contributed by atoms with Crippen molar-refractivity contribution in [2.75, 3.05) is 32.7 Å². The highest BCUT2D eigenvalue weighted by molar-refractivity contribution is 5.87. The van der Waals surface area contributed by atoms with E-state index in [1.165, 1.54) is 0 Å². The molecular weight excluding hydrogens is 298 g/mol. The summed E-state index contributed by atoms with van der Waals surface area (Å²) in [4.78, 5) is 27.9. The van der Waals surface area contributed by atoms with Gasteiger partial charge in [-0.25, -0.2) is 0 Å². The highest BCUT2D eigenvalue weighted by atomic mass is 16.5. The number of nitrogens with two attached hydrogens (primary N) is 1. The molecule has 1 atom stereocenters. The molecule has 8 nitrogen and oxygen atoms in total. The van der Waals surface area contributed by atoms with E-state index < -0.39 is 6.04 Å². The van der Waals surface area contributed by atoms with Crippen LogP contribution < -0.4 is 11.1 Å². The van der Waals surface area contributed by atoms with Crippen molar-refractivity contribution < 1.29 is 14.1 Å². The number of hydrogen-bond donors (Lipinski definition) is 2. The van der Waals surface area contributed by atoms with Crippen LogP contribution in [0.4, 0.5) is 0 Å². The first kappa shape index (κ1) is 17.4. The molecular formula is C15H25N5O3. The van der Waals surface area contributed by atoms with Gasteiger partial charge in [-0.15, -0.1) is 0 Å². The molecule has 128 valence electrons. The summed E-state index contributed by atoms with van der Waals surface area (Å²) in [6.07, 6.45) is 1.56. The van der Waals surface area contributed by atoms with Gasteiger partial charge in [-0.3, -0.25) is 14.5 Å². The van der Waals surface area contributed by atoms with E-state index in [0.717, 1.165) is 25.3 Å². The topological polar surface area (TPSA) is 105 Å². The summed E-state index contributed by atoms with van der Waals surface area (Å²) in [7, 11) is 0. The lowest BCUT2D eigenvalue weighted by molar-refractivity contribution is -0.134. The minimum Gasteiger partial charge on any atom is -0.364 e. The van der Waals surface area contributed by atoms with Crippen LogP contribution >= 0.6 is 0 Å². The van der Waals surface area contributed by atoms with E-state index in [2.05, 4.69) is 15.4 Å². The van der Waals surface area contributed by atoms with Gasteiger partial charge >= 0.3 is 0 Å². The Kier molecular flexibility index (Phi) is 6.12. The third kappa shape index (κ3) is 5.04. The summed E-state index contributed by atoms with van der Waals surface area (Å²) in [6, 6.07) is 1.26. The maximum Gasteiger partial charge on any atom is 0.242 e. The van der Waals surface area contributed by atoms with Gasteiger partial charge in [0.25, 0.3) is 0 Å². The van der Waals surface area contributed by atoms with E-state index in [4.69, 9.17) is 10.3 Å². The molecule has 0 saturated carbocycles. The molecule has 3 N–H and O–H groups in total. The number of carbonyl (C=O) groups is 2. The summed E-state index contributed by atoms with van der Waals surface area (Å²) in [5.74, 6) is -0.307. The number of piperazine rings is 1. The van der Waals surface area contributed by atoms with Crippen molar-refractivity contribution in [2.45, 2.75) is 26.4 Å². The number of hydrogen-bond acceptors (Lipinski definition) is 6. The molecule has 2 amide bonds. The maximum atomic E-state index is 12.1. The predicted molar refractivity (Wildman–Crippen MR) is 84.2 cm³/mol. The zero-order chi connectivity index (χ0) is 16.8. The SMILES string of the molecule is CC(C)[C@H](N)C(=O)NCC(=O)N1CCN(Cc2ccon2)CC1. The summed E-state index contributed by atoms with van der Waals surface area (Å²) in [5, 5.41) is 6.50. The average Bonchev–Trinajstić information content (AvgIpc) is 3.05. The standard InChI is InChI=1S/C15H25N5O3/c1-11(2)14(16)15(22)17-9-13(21)20-6-4-19(5-7-20)10-12-3-8-23-18-12/h3,8,11,14H,4-7,9-10,16H2,1-2H3,(H,17,22)/t14-/m0/s1. The van der Waals surface area contributed by atoms with Crippen LogP contribution in [0.1, 0.15) is 19.5 Å². The van der Waals surface area contributed by atoms with Crippen molar-refractivity contribution in [3.63, 3.8) is 0 Å². The van der Waals surface area contributed by atoms with Crippen LogP contribution in [-0.2, 0) is 16.1 Å².